The average Bonchev–Trinajstić information content (AvgIpc) is 3.19. The third kappa shape index (κ3) is 2.46. The van der Waals surface area contributed by atoms with Gasteiger partial charge in [-0.25, -0.2) is 8.78 Å². The summed E-state index contributed by atoms with van der Waals surface area (Å²) in [4.78, 5) is 2.40. The second kappa shape index (κ2) is 4.91. The first-order valence-corrected chi connectivity index (χ1v) is 7.36. The van der Waals surface area contributed by atoms with E-state index in [4.69, 9.17) is 4.52 Å². The van der Waals surface area contributed by atoms with Crippen LogP contribution in [0.15, 0.2) is 22.7 Å². The molecule has 0 saturated heterocycles. The molecule has 1 fully saturated rings. The van der Waals surface area contributed by atoms with Crippen molar-refractivity contribution in [1.29, 1.82) is 0 Å². The highest BCUT2D eigenvalue weighted by atomic mass is 19.2. The SMILES string of the molecule is Fc1ccc(-c2noc3c2CN(CC2CC2)CC3)cc1F. The molecular weight excluding hydrogens is 274 g/mol. The summed E-state index contributed by atoms with van der Waals surface area (Å²) in [6, 6.07) is 3.88. The first-order valence-electron chi connectivity index (χ1n) is 7.36. The molecule has 0 bridgehead atoms. The van der Waals surface area contributed by atoms with Crippen LogP contribution in [0, 0.1) is 17.6 Å². The van der Waals surface area contributed by atoms with Gasteiger partial charge in [0.2, 0.25) is 0 Å². The molecule has 1 aromatic carbocycles. The molecule has 0 unspecified atom stereocenters. The molecule has 1 aromatic heterocycles. The molecule has 2 aliphatic rings. The average molecular weight is 290 g/mol. The first kappa shape index (κ1) is 13.0. The van der Waals surface area contributed by atoms with Crippen molar-refractivity contribution in [2.24, 2.45) is 5.92 Å². The summed E-state index contributed by atoms with van der Waals surface area (Å²) in [6.45, 7) is 2.88. The van der Waals surface area contributed by atoms with Gasteiger partial charge < -0.3 is 4.52 Å². The van der Waals surface area contributed by atoms with E-state index in [0.29, 0.717) is 11.3 Å². The van der Waals surface area contributed by atoms with Gasteiger partial charge in [0.25, 0.3) is 0 Å². The Labute approximate surface area is 121 Å². The number of nitrogens with zero attached hydrogens (tertiary/aromatic N) is 2. The molecule has 110 valence electrons. The van der Waals surface area contributed by atoms with Crippen LogP contribution in [0.1, 0.15) is 24.2 Å². The topological polar surface area (TPSA) is 29.3 Å². The predicted molar refractivity (Wildman–Crippen MR) is 73.6 cm³/mol. The van der Waals surface area contributed by atoms with Crippen molar-refractivity contribution in [3.63, 3.8) is 0 Å². The van der Waals surface area contributed by atoms with E-state index < -0.39 is 11.6 Å². The van der Waals surface area contributed by atoms with Gasteiger partial charge >= 0.3 is 0 Å². The number of halogens is 2. The summed E-state index contributed by atoms with van der Waals surface area (Å²) in [5.74, 6) is 0.0151. The minimum Gasteiger partial charge on any atom is -0.360 e. The standard InChI is InChI=1S/C16H16F2N2O/c17-13-4-3-11(7-14(13)18)16-12-9-20(8-10-1-2-10)6-5-15(12)21-19-16/h3-4,7,10H,1-2,5-6,8-9H2. The maximum absolute atomic E-state index is 13.4. The molecule has 21 heavy (non-hydrogen) atoms. The van der Waals surface area contributed by atoms with E-state index in [1.54, 1.807) is 6.07 Å². The van der Waals surface area contributed by atoms with Gasteiger partial charge in [0, 0.05) is 37.2 Å². The normalized spacial score (nSPS) is 18.8. The number of hydrogen-bond donors (Lipinski definition) is 0. The summed E-state index contributed by atoms with van der Waals surface area (Å²) in [5, 5.41) is 4.08. The number of rotatable bonds is 3. The van der Waals surface area contributed by atoms with Crippen LogP contribution in [0.25, 0.3) is 11.3 Å². The summed E-state index contributed by atoms with van der Waals surface area (Å²) < 4.78 is 31.9. The van der Waals surface area contributed by atoms with Gasteiger partial charge in [0.1, 0.15) is 11.5 Å². The van der Waals surface area contributed by atoms with Gasteiger partial charge in [0.05, 0.1) is 0 Å². The molecule has 3 nitrogen and oxygen atoms in total. The molecule has 1 aliphatic carbocycles. The Morgan fingerprint density at radius 1 is 1.24 bits per heavy atom. The zero-order valence-corrected chi connectivity index (χ0v) is 11.6. The lowest BCUT2D eigenvalue weighted by molar-refractivity contribution is 0.228. The summed E-state index contributed by atoms with van der Waals surface area (Å²) in [5.41, 5.74) is 2.24. The van der Waals surface area contributed by atoms with Crippen LogP contribution in [0.5, 0.6) is 0 Å². The van der Waals surface area contributed by atoms with Crippen molar-refractivity contribution < 1.29 is 13.3 Å². The fourth-order valence-electron chi connectivity index (χ4n) is 2.96. The maximum atomic E-state index is 13.4. The van der Waals surface area contributed by atoms with Crippen LogP contribution in [-0.4, -0.2) is 23.1 Å². The molecular formula is C16H16F2N2O. The van der Waals surface area contributed by atoms with Crippen LogP contribution in [-0.2, 0) is 13.0 Å². The van der Waals surface area contributed by atoms with Gasteiger partial charge in [-0.05, 0) is 37.0 Å². The molecule has 2 heterocycles. The van der Waals surface area contributed by atoms with E-state index >= 15 is 0 Å². The molecule has 0 atom stereocenters. The highest BCUT2D eigenvalue weighted by Gasteiger charge is 2.29. The van der Waals surface area contributed by atoms with Crippen molar-refractivity contribution in [1.82, 2.24) is 10.1 Å². The molecule has 4 rings (SSSR count). The molecule has 0 amide bonds. The third-order valence-electron chi connectivity index (χ3n) is 4.31. The number of benzene rings is 1. The number of aromatic nitrogens is 1. The molecule has 1 aliphatic heterocycles. The van der Waals surface area contributed by atoms with Crippen LogP contribution >= 0.6 is 0 Å². The Bertz CT molecular complexity index is 679. The van der Waals surface area contributed by atoms with E-state index in [9.17, 15) is 8.78 Å². The molecule has 1 saturated carbocycles. The fraction of sp³-hybridized carbons (Fsp3) is 0.438. The predicted octanol–water partition coefficient (Wildman–Crippen LogP) is 3.39. The van der Waals surface area contributed by atoms with Crippen LogP contribution in [0.2, 0.25) is 0 Å². The maximum Gasteiger partial charge on any atom is 0.159 e. The Kier molecular flexibility index (Phi) is 3.03. The lowest BCUT2D eigenvalue weighted by Gasteiger charge is -2.25. The first-order chi connectivity index (χ1) is 10.2. The van der Waals surface area contributed by atoms with Gasteiger partial charge in [-0.2, -0.15) is 0 Å². The summed E-state index contributed by atoms with van der Waals surface area (Å²) in [6.07, 6.45) is 3.48. The fourth-order valence-corrected chi connectivity index (χ4v) is 2.96. The van der Waals surface area contributed by atoms with Crippen molar-refractivity contribution in [2.45, 2.75) is 25.8 Å². The number of hydrogen-bond acceptors (Lipinski definition) is 3. The Morgan fingerprint density at radius 2 is 2.10 bits per heavy atom. The van der Waals surface area contributed by atoms with Gasteiger partial charge in [-0.3, -0.25) is 4.90 Å². The molecule has 0 radical (unpaired) electrons. The lowest BCUT2D eigenvalue weighted by atomic mass is 10.0. The Morgan fingerprint density at radius 3 is 2.86 bits per heavy atom. The molecule has 2 aromatic rings. The lowest BCUT2D eigenvalue weighted by Crippen LogP contribution is -2.31. The zero-order valence-electron chi connectivity index (χ0n) is 11.6. The monoisotopic (exact) mass is 290 g/mol. The van der Waals surface area contributed by atoms with Gasteiger partial charge in [-0.1, -0.05) is 5.16 Å². The molecule has 0 N–H and O–H groups in total. The number of fused-ring (bicyclic) bond motifs is 1. The largest absolute Gasteiger partial charge is 0.360 e. The zero-order chi connectivity index (χ0) is 14.4. The Hall–Kier alpha value is -1.75. The van der Waals surface area contributed by atoms with Gasteiger partial charge in [0.15, 0.2) is 11.6 Å². The van der Waals surface area contributed by atoms with Crippen LogP contribution < -0.4 is 0 Å². The summed E-state index contributed by atoms with van der Waals surface area (Å²) in [7, 11) is 0. The van der Waals surface area contributed by atoms with E-state index in [2.05, 4.69) is 10.1 Å². The minimum absolute atomic E-state index is 0.576. The Balaban J connectivity index is 1.64. The third-order valence-corrected chi connectivity index (χ3v) is 4.31. The minimum atomic E-state index is -0.852. The quantitative estimate of drug-likeness (QED) is 0.867. The smallest absolute Gasteiger partial charge is 0.159 e. The van der Waals surface area contributed by atoms with E-state index in [1.165, 1.54) is 18.9 Å². The highest BCUT2D eigenvalue weighted by molar-refractivity contribution is 5.63. The van der Waals surface area contributed by atoms with Crippen LogP contribution in [0.4, 0.5) is 8.78 Å². The molecule has 5 heteroatoms. The molecule has 0 spiro atoms. The van der Waals surface area contributed by atoms with E-state index in [0.717, 1.165) is 49.4 Å². The van der Waals surface area contributed by atoms with E-state index in [1.807, 2.05) is 0 Å². The second-order valence-electron chi connectivity index (χ2n) is 5.99. The second-order valence-corrected chi connectivity index (χ2v) is 5.99. The van der Waals surface area contributed by atoms with Gasteiger partial charge in [-0.15, -0.1) is 0 Å². The van der Waals surface area contributed by atoms with Crippen molar-refractivity contribution in [3.8, 4) is 11.3 Å². The van der Waals surface area contributed by atoms with E-state index in [-0.39, 0.29) is 0 Å². The van der Waals surface area contributed by atoms with Crippen molar-refractivity contribution in [3.05, 3.63) is 41.2 Å². The summed E-state index contributed by atoms with van der Waals surface area (Å²) >= 11 is 0. The van der Waals surface area contributed by atoms with Crippen LogP contribution in [0.3, 0.4) is 0 Å². The van der Waals surface area contributed by atoms with Crippen molar-refractivity contribution >= 4 is 0 Å². The highest BCUT2D eigenvalue weighted by Crippen LogP contribution is 2.34. The van der Waals surface area contributed by atoms with Crippen molar-refractivity contribution in [2.75, 3.05) is 13.1 Å².